The minimum Gasteiger partial charge on any atom is -0.508 e. The van der Waals surface area contributed by atoms with Gasteiger partial charge in [-0.1, -0.05) is 6.07 Å². The molecule has 2 aromatic rings. The van der Waals surface area contributed by atoms with Crippen molar-refractivity contribution in [3.05, 3.63) is 36.2 Å². The number of phenolic OH excluding ortho intramolecular Hbond substituents is 1. The highest BCUT2D eigenvalue weighted by atomic mass is 16.3. The zero-order valence-corrected chi connectivity index (χ0v) is 7.27. The summed E-state index contributed by atoms with van der Waals surface area (Å²) < 4.78 is 0. The van der Waals surface area contributed by atoms with Gasteiger partial charge in [0.2, 0.25) is 0 Å². The number of aromatic nitrogens is 1. The first kappa shape index (κ1) is 8.50. The number of rotatable bonds is 1. The molecule has 0 atom stereocenters. The van der Waals surface area contributed by atoms with Crippen molar-refractivity contribution in [2.24, 2.45) is 5.73 Å². The fraction of sp³-hybridized carbons (Fsp3) is 0. The van der Waals surface area contributed by atoms with Gasteiger partial charge in [0.25, 0.3) is 5.91 Å². The van der Waals surface area contributed by atoms with Crippen LogP contribution in [0.1, 0.15) is 10.5 Å². The van der Waals surface area contributed by atoms with Crippen molar-refractivity contribution in [1.29, 1.82) is 0 Å². The summed E-state index contributed by atoms with van der Waals surface area (Å²) >= 11 is 0. The van der Waals surface area contributed by atoms with Crippen LogP contribution < -0.4 is 5.73 Å². The lowest BCUT2D eigenvalue weighted by Gasteiger charge is -1.99. The number of benzene rings is 1. The summed E-state index contributed by atoms with van der Waals surface area (Å²) in [5.74, 6) is -0.383. The normalized spacial score (nSPS) is 10.3. The van der Waals surface area contributed by atoms with Crippen LogP contribution in [-0.4, -0.2) is 16.0 Å². The highest BCUT2D eigenvalue weighted by Crippen LogP contribution is 2.19. The van der Waals surface area contributed by atoms with Gasteiger partial charge < -0.3 is 10.8 Å². The van der Waals surface area contributed by atoms with Gasteiger partial charge >= 0.3 is 0 Å². The first-order valence-corrected chi connectivity index (χ1v) is 4.05. The molecule has 1 aromatic carbocycles. The van der Waals surface area contributed by atoms with E-state index in [9.17, 15) is 9.90 Å². The second kappa shape index (κ2) is 2.99. The Labute approximate surface area is 80.0 Å². The lowest BCUT2D eigenvalue weighted by Crippen LogP contribution is -2.12. The molecule has 3 N–H and O–H groups in total. The zero-order chi connectivity index (χ0) is 10.1. The Morgan fingerprint density at radius 3 is 2.79 bits per heavy atom. The molecule has 0 radical (unpaired) electrons. The maximum absolute atomic E-state index is 10.8. The third-order valence-electron chi connectivity index (χ3n) is 1.96. The molecule has 1 heterocycles. The molecule has 14 heavy (non-hydrogen) atoms. The highest BCUT2D eigenvalue weighted by molar-refractivity contribution is 5.95. The van der Waals surface area contributed by atoms with Crippen LogP contribution in [0.2, 0.25) is 0 Å². The van der Waals surface area contributed by atoms with E-state index in [1.807, 2.05) is 0 Å². The molecule has 0 aliphatic heterocycles. The van der Waals surface area contributed by atoms with E-state index in [1.54, 1.807) is 24.3 Å². The predicted molar refractivity (Wildman–Crippen MR) is 51.9 cm³/mol. The maximum atomic E-state index is 10.8. The number of phenols is 1. The van der Waals surface area contributed by atoms with Crippen molar-refractivity contribution in [3.8, 4) is 5.75 Å². The average Bonchev–Trinajstić information content (AvgIpc) is 2.16. The smallest absolute Gasteiger partial charge is 0.267 e. The van der Waals surface area contributed by atoms with Crippen molar-refractivity contribution >= 4 is 16.7 Å². The van der Waals surface area contributed by atoms with Crippen LogP contribution in [0.5, 0.6) is 5.75 Å². The molecule has 1 aromatic heterocycles. The number of carbonyl (C=O) groups excluding carboxylic acids is 1. The number of fused-ring (bicyclic) bond motifs is 1. The maximum Gasteiger partial charge on any atom is 0.267 e. The number of primary amides is 1. The van der Waals surface area contributed by atoms with Crippen molar-refractivity contribution < 1.29 is 9.90 Å². The summed E-state index contributed by atoms with van der Waals surface area (Å²) in [5.41, 5.74) is 5.31. The van der Waals surface area contributed by atoms with Gasteiger partial charge in [-0.3, -0.25) is 9.78 Å². The van der Waals surface area contributed by atoms with Gasteiger partial charge in [0.05, 0.1) is 0 Å². The van der Waals surface area contributed by atoms with Gasteiger partial charge in [0, 0.05) is 11.6 Å². The number of amides is 1. The lowest BCUT2D eigenvalue weighted by molar-refractivity contribution is 0.0996. The van der Waals surface area contributed by atoms with Crippen LogP contribution in [0.4, 0.5) is 0 Å². The van der Waals surface area contributed by atoms with E-state index < -0.39 is 5.91 Å². The second-order valence-electron chi connectivity index (χ2n) is 2.97. The molecule has 4 heteroatoms. The van der Waals surface area contributed by atoms with Gasteiger partial charge in [-0.25, -0.2) is 0 Å². The largest absolute Gasteiger partial charge is 0.508 e. The molecule has 0 aliphatic rings. The number of nitrogens with two attached hydrogens (primary N) is 1. The minimum atomic E-state index is -0.556. The Hall–Kier alpha value is -2.10. The third kappa shape index (κ3) is 1.37. The van der Waals surface area contributed by atoms with Crippen LogP contribution in [0.15, 0.2) is 30.5 Å². The Morgan fingerprint density at radius 1 is 1.29 bits per heavy atom. The highest BCUT2D eigenvalue weighted by Gasteiger charge is 2.03. The number of hydrogen-bond donors (Lipinski definition) is 2. The van der Waals surface area contributed by atoms with Gasteiger partial charge in [-0.15, -0.1) is 0 Å². The van der Waals surface area contributed by atoms with E-state index in [2.05, 4.69) is 4.98 Å². The van der Waals surface area contributed by atoms with Crippen molar-refractivity contribution in [2.75, 3.05) is 0 Å². The molecule has 0 saturated carbocycles. The summed E-state index contributed by atoms with van der Waals surface area (Å²) in [6, 6.07) is 6.43. The topological polar surface area (TPSA) is 76.2 Å². The Kier molecular flexibility index (Phi) is 1.81. The van der Waals surface area contributed by atoms with Crippen LogP contribution in [-0.2, 0) is 0 Å². The number of hydrogen-bond acceptors (Lipinski definition) is 3. The molecule has 1 amide bonds. The van der Waals surface area contributed by atoms with Crippen molar-refractivity contribution in [2.45, 2.75) is 0 Å². The van der Waals surface area contributed by atoms with E-state index in [-0.39, 0.29) is 11.4 Å². The van der Waals surface area contributed by atoms with Crippen LogP contribution in [0, 0.1) is 0 Å². The number of aromatic hydroxyl groups is 1. The third-order valence-corrected chi connectivity index (χ3v) is 1.96. The monoisotopic (exact) mass is 188 g/mol. The fourth-order valence-corrected chi connectivity index (χ4v) is 1.26. The predicted octanol–water partition coefficient (Wildman–Crippen LogP) is 1.04. The SMILES string of the molecule is NC(=O)c1cc2ccc(O)cc2cn1. The standard InChI is InChI=1S/C10H8N2O2/c11-10(14)9-4-6-1-2-8(13)3-7(6)5-12-9/h1-5,13H,(H2,11,14). The molecule has 0 aliphatic carbocycles. The average molecular weight is 188 g/mol. The molecule has 0 fully saturated rings. The summed E-state index contributed by atoms with van der Waals surface area (Å²) in [4.78, 5) is 14.7. The van der Waals surface area contributed by atoms with Gasteiger partial charge in [0.1, 0.15) is 11.4 Å². The van der Waals surface area contributed by atoms with Crippen LogP contribution >= 0.6 is 0 Å². The van der Waals surface area contributed by atoms with Crippen LogP contribution in [0.3, 0.4) is 0 Å². The van der Waals surface area contributed by atoms with E-state index in [1.165, 1.54) is 6.20 Å². The Balaban J connectivity index is 2.67. The molecule has 0 bridgehead atoms. The van der Waals surface area contributed by atoms with E-state index in [0.29, 0.717) is 0 Å². The molecular weight excluding hydrogens is 180 g/mol. The fourth-order valence-electron chi connectivity index (χ4n) is 1.26. The molecule has 70 valence electrons. The number of pyridine rings is 1. The summed E-state index contributed by atoms with van der Waals surface area (Å²) in [6.45, 7) is 0. The lowest BCUT2D eigenvalue weighted by atomic mass is 10.1. The number of carbonyl (C=O) groups is 1. The quantitative estimate of drug-likeness (QED) is 0.701. The molecule has 2 rings (SSSR count). The molecule has 0 saturated heterocycles. The van der Waals surface area contributed by atoms with Gasteiger partial charge in [-0.2, -0.15) is 0 Å². The Bertz CT molecular complexity index is 508. The second-order valence-corrected chi connectivity index (χ2v) is 2.97. The summed E-state index contributed by atoms with van der Waals surface area (Å²) in [7, 11) is 0. The molecular formula is C10H8N2O2. The number of nitrogens with zero attached hydrogens (tertiary/aromatic N) is 1. The van der Waals surface area contributed by atoms with Crippen molar-refractivity contribution in [1.82, 2.24) is 4.98 Å². The Morgan fingerprint density at radius 2 is 2.07 bits per heavy atom. The minimum absolute atomic E-state index is 0.172. The first-order chi connectivity index (χ1) is 6.66. The first-order valence-electron chi connectivity index (χ1n) is 4.05. The van der Waals surface area contributed by atoms with Crippen LogP contribution in [0.25, 0.3) is 10.8 Å². The van der Waals surface area contributed by atoms with Gasteiger partial charge in [0.15, 0.2) is 0 Å². The summed E-state index contributed by atoms with van der Waals surface area (Å²) in [6.07, 6.45) is 1.51. The zero-order valence-electron chi connectivity index (χ0n) is 7.27. The van der Waals surface area contributed by atoms with E-state index in [0.717, 1.165) is 10.8 Å². The molecule has 0 spiro atoms. The van der Waals surface area contributed by atoms with Crippen molar-refractivity contribution in [3.63, 3.8) is 0 Å². The summed E-state index contributed by atoms with van der Waals surface area (Å²) in [5, 5.41) is 10.8. The van der Waals surface area contributed by atoms with E-state index in [4.69, 9.17) is 5.73 Å². The van der Waals surface area contributed by atoms with Gasteiger partial charge in [-0.05, 0) is 23.6 Å². The molecule has 0 unspecified atom stereocenters. The van der Waals surface area contributed by atoms with E-state index >= 15 is 0 Å². The molecule has 4 nitrogen and oxygen atoms in total.